The van der Waals surface area contributed by atoms with Gasteiger partial charge in [0.1, 0.15) is 0 Å². The van der Waals surface area contributed by atoms with Crippen molar-refractivity contribution in [1.82, 2.24) is 5.32 Å². The van der Waals surface area contributed by atoms with Crippen LogP contribution >= 0.6 is 15.9 Å². The van der Waals surface area contributed by atoms with Gasteiger partial charge in [0, 0.05) is 16.9 Å². The Bertz CT molecular complexity index is 440. The molecular weight excluding hydrogens is 318 g/mol. The lowest BCUT2D eigenvalue weighted by molar-refractivity contribution is -0.126. The van der Waals surface area contributed by atoms with Crippen molar-refractivity contribution < 1.29 is 9.90 Å². The van der Waals surface area contributed by atoms with Crippen LogP contribution in [-0.2, 0) is 11.2 Å². The fraction of sp³-hybridized carbons (Fsp3) is 0.562. The molecule has 0 fully saturated rings. The average Bonchev–Trinajstić information content (AvgIpc) is 2.38. The molecule has 1 rings (SSSR count). The molecule has 2 N–H and O–H groups in total. The van der Waals surface area contributed by atoms with Gasteiger partial charge in [0.15, 0.2) is 0 Å². The van der Waals surface area contributed by atoms with E-state index in [0.29, 0.717) is 6.42 Å². The second kappa shape index (κ2) is 7.23. The molecule has 1 amide bonds. The van der Waals surface area contributed by atoms with Crippen molar-refractivity contribution in [1.29, 1.82) is 0 Å². The summed E-state index contributed by atoms with van der Waals surface area (Å²) in [6.45, 7) is 7.82. The molecule has 4 heteroatoms. The summed E-state index contributed by atoms with van der Waals surface area (Å²) in [4.78, 5) is 12.1. The van der Waals surface area contributed by atoms with Crippen LogP contribution in [0.1, 0.15) is 33.3 Å². The van der Waals surface area contributed by atoms with E-state index in [1.807, 2.05) is 45.0 Å². The molecule has 0 aliphatic carbocycles. The minimum absolute atomic E-state index is 0.0196. The van der Waals surface area contributed by atoms with E-state index in [1.54, 1.807) is 6.92 Å². The molecule has 20 heavy (non-hydrogen) atoms. The zero-order valence-corrected chi connectivity index (χ0v) is 14.2. The lowest BCUT2D eigenvalue weighted by Crippen LogP contribution is -2.45. The summed E-state index contributed by atoms with van der Waals surface area (Å²) in [6, 6.07) is 7.98. The molecule has 3 nitrogen and oxygen atoms in total. The molecule has 2 atom stereocenters. The quantitative estimate of drug-likeness (QED) is 0.834. The molecule has 2 unspecified atom stereocenters. The Kier molecular flexibility index (Phi) is 6.21. The van der Waals surface area contributed by atoms with Gasteiger partial charge in [0.2, 0.25) is 5.91 Å². The average molecular weight is 342 g/mol. The van der Waals surface area contributed by atoms with E-state index in [-0.39, 0.29) is 24.3 Å². The van der Waals surface area contributed by atoms with Gasteiger partial charge in [-0.05, 0) is 37.0 Å². The number of amides is 1. The Balaban J connectivity index is 2.49. The number of halogens is 1. The summed E-state index contributed by atoms with van der Waals surface area (Å²) in [5.41, 5.74) is 0.263. The lowest BCUT2D eigenvalue weighted by Gasteiger charge is -2.28. The smallest absolute Gasteiger partial charge is 0.223 e. The predicted octanol–water partition coefficient (Wildman–Crippen LogP) is 3.15. The van der Waals surface area contributed by atoms with Crippen molar-refractivity contribution >= 4 is 21.8 Å². The molecule has 0 radical (unpaired) electrons. The largest absolute Gasteiger partial charge is 0.388 e. The highest BCUT2D eigenvalue weighted by molar-refractivity contribution is 9.10. The summed E-state index contributed by atoms with van der Waals surface area (Å²) in [5, 5.41) is 13.0. The Morgan fingerprint density at radius 1 is 1.30 bits per heavy atom. The normalized spacial score (nSPS) is 15.8. The number of nitrogens with one attached hydrogen (secondary N) is 1. The van der Waals surface area contributed by atoms with Gasteiger partial charge in [-0.3, -0.25) is 4.79 Å². The van der Waals surface area contributed by atoms with Crippen molar-refractivity contribution in [3.05, 3.63) is 34.3 Å². The van der Waals surface area contributed by atoms with Crippen LogP contribution in [0.2, 0.25) is 0 Å². The first-order valence-electron chi connectivity index (χ1n) is 6.97. The molecule has 0 aromatic heterocycles. The van der Waals surface area contributed by atoms with Gasteiger partial charge in [0.25, 0.3) is 0 Å². The van der Waals surface area contributed by atoms with E-state index in [1.165, 1.54) is 0 Å². The van der Waals surface area contributed by atoms with E-state index in [2.05, 4.69) is 21.2 Å². The summed E-state index contributed by atoms with van der Waals surface area (Å²) in [6.07, 6.45) is 0.697. The van der Waals surface area contributed by atoms with Crippen LogP contribution in [0.25, 0.3) is 0 Å². The number of rotatable bonds is 6. The summed E-state index contributed by atoms with van der Waals surface area (Å²) in [5.74, 6) is -0.0300. The van der Waals surface area contributed by atoms with Crippen LogP contribution in [0.15, 0.2) is 28.7 Å². The summed E-state index contributed by atoms with van der Waals surface area (Å²) < 4.78 is 1.03. The highest BCUT2D eigenvalue weighted by Crippen LogP contribution is 2.16. The van der Waals surface area contributed by atoms with Crippen LogP contribution in [0.4, 0.5) is 0 Å². The number of hydrogen-bond acceptors (Lipinski definition) is 2. The first-order chi connectivity index (χ1) is 9.22. The van der Waals surface area contributed by atoms with Gasteiger partial charge in [-0.2, -0.15) is 0 Å². The number of carbonyl (C=O) groups excluding carboxylic acids is 1. The number of aliphatic hydroxyl groups is 1. The molecule has 0 aliphatic rings. The van der Waals surface area contributed by atoms with Crippen molar-refractivity contribution in [2.45, 2.75) is 39.7 Å². The Labute approximate surface area is 129 Å². The van der Waals surface area contributed by atoms with Crippen LogP contribution in [-0.4, -0.2) is 23.2 Å². The first kappa shape index (κ1) is 17.2. The monoisotopic (exact) mass is 341 g/mol. The first-order valence-corrected chi connectivity index (χ1v) is 7.76. The lowest BCUT2D eigenvalue weighted by atomic mass is 9.92. The number of carbonyl (C=O) groups is 1. The summed E-state index contributed by atoms with van der Waals surface area (Å²) in [7, 11) is 0. The second-order valence-electron chi connectivity index (χ2n) is 5.96. The molecule has 0 bridgehead atoms. The van der Waals surface area contributed by atoms with Crippen molar-refractivity contribution in [2.75, 3.05) is 6.54 Å². The van der Waals surface area contributed by atoms with E-state index < -0.39 is 5.60 Å². The maximum Gasteiger partial charge on any atom is 0.223 e. The van der Waals surface area contributed by atoms with E-state index in [4.69, 9.17) is 0 Å². The molecule has 0 spiro atoms. The van der Waals surface area contributed by atoms with Gasteiger partial charge in [-0.25, -0.2) is 0 Å². The number of benzene rings is 1. The van der Waals surface area contributed by atoms with Crippen LogP contribution in [0.5, 0.6) is 0 Å². The molecule has 0 saturated carbocycles. The fourth-order valence-electron chi connectivity index (χ4n) is 1.71. The van der Waals surface area contributed by atoms with Crippen molar-refractivity contribution in [3.63, 3.8) is 0 Å². The summed E-state index contributed by atoms with van der Waals surface area (Å²) >= 11 is 3.39. The zero-order chi connectivity index (χ0) is 15.3. The third kappa shape index (κ3) is 5.25. The standard InChI is InChI=1S/C16H24BrNO2/c1-11(2)16(4,20)10-18-15(19)12(3)9-13-5-7-14(17)8-6-13/h5-8,11-12,20H,9-10H2,1-4H3,(H,18,19). The fourth-order valence-corrected chi connectivity index (χ4v) is 1.98. The van der Waals surface area contributed by atoms with Crippen LogP contribution in [0.3, 0.4) is 0 Å². The van der Waals surface area contributed by atoms with Crippen molar-refractivity contribution in [2.24, 2.45) is 11.8 Å². The molecule has 0 aliphatic heterocycles. The Hall–Kier alpha value is -0.870. The minimum atomic E-state index is -0.868. The molecule has 0 heterocycles. The Morgan fingerprint density at radius 2 is 1.85 bits per heavy atom. The SMILES string of the molecule is CC(Cc1ccc(Br)cc1)C(=O)NCC(C)(O)C(C)C. The van der Waals surface area contributed by atoms with E-state index in [9.17, 15) is 9.90 Å². The number of hydrogen-bond donors (Lipinski definition) is 2. The highest BCUT2D eigenvalue weighted by atomic mass is 79.9. The molecular formula is C16H24BrNO2. The highest BCUT2D eigenvalue weighted by Gasteiger charge is 2.26. The van der Waals surface area contributed by atoms with Crippen LogP contribution < -0.4 is 5.32 Å². The third-order valence-corrected chi connectivity index (χ3v) is 4.30. The van der Waals surface area contributed by atoms with Gasteiger partial charge in [0.05, 0.1) is 5.60 Å². The van der Waals surface area contributed by atoms with E-state index in [0.717, 1.165) is 10.0 Å². The Morgan fingerprint density at radius 3 is 2.35 bits per heavy atom. The topological polar surface area (TPSA) is 49.3 Å². The third-order valence-electron chi connectivity index (χ3n) is 3.77. The molecule has 1 aromatic carbocycles. The van der Waals surface area contributed by atoms with Gasteiger partial charge in [-0.1, -0.05) is 48.8 Å². The van der Waals surface area contributed by atoms with Gasteiger partial charge >= 0.3 is 0 Å². The minimum Gasteiger partial charge on any atom is -0.388 e. The van der Waals surface area contributed by atoms with Crippen molar-refractivity contribution in [3.8, 4) is 0 Å². The van der Waals surface area contributed by atoms with E-state index >= 15 is 0 Å². The predicted molar refractivity (Wildman–Crippen MR) is 85.5 cm³/mol. The second-order valence-corrected chi connectivity index (χ2v) is 6.88. The maximum absolute atomic E-state index is 12.1. The molecule has 0 saturated heterocycles. The zero-order valence-electron chi connectivity index (χ0n) is 12.6. The van der Waals surface area contributed by atoms with Gasteiger partial charge < -0.3 is 10.4 Å². The van der Waals surface area contributed by atoms with Crippen LogP contribution in [0, 0.1) is 11.8 Å². The molecule has 1 aromatic rings. The molecule has 112 valence electrons. The van der Waals surface area contributed by atoms with Gasteiger partial charge in [-0.15, -0.1) is 0 Å². The maximum atomic E-state index is 12.1.